The van der Waals surface area contributed by atoms with Crippen molar-refractivity contribution in [2.45, 2.75) is 52.9 Å². The standard InChI is InChI=1S/C17H22O3.C10H10O2/c1-4-5-6-7-8-15(18)17-12(2)14-11-13(19-3)9-10-16(14)20-17;1-7-6-12-10-4-3-8(11-2)5-9(7)10/h9-11H,4-8H2,1-3H3;3-6H,1-2H3. The minimum atomic E-state index is 0.105. The first-order valence-electron chi connectivity index (χ1n) is 11.1. The molecule has 0 fully saturated rings. The van der Waals surface area contributed by atoms with Gasteiger partial charge in [-0.15, -0.1) is 0 Å². The van der Waals surface area contributed by atoms with Crippen LogP contribution in [0.2, 0.25) is 0 Å². The summed E-state index contributed by atoms with van der Waals surface area (Å²) < 4.78 is 21.3. The maximum absolute atomic E-state index is 12.2. The molecule has 0 bridgehead atoms. The number of hydrogen-bond acceptors (Lipinski definition) is 5. The molecule has 2 aromatic heterocycles. The van der Waals surface area contributed by atoms with Crippen LogP contribution >= 0.6 is 0 Å². The fourth-order valence-corrected chi connectivity index (χ4v) is 3.68. The van der Waals surface area contributed by atoms with Crippen molar-refractivity contribution in [2.24, 2.45) is 0 Å². The van der Waals surface area contributed by atoms with Gasteiger partial charge >= 0.3 is 0 Å². The molecule has 0 aliphatic heterocycles. The number of unbranched alkanes of at least 4 members (excludes halogenated alkanes) is 3. The van der Waals surface area contributed by atoms with Crippen LogP contribution in [0.3, 0.4) is 0 Å². The largest absolute Gasteiger partial charge is 0.497 e. The number of hydrogen-bond donors (Lipinski definition) is 0. The van der Waals surface area contributed by atoms with Crippen LogP contribution < -0.4 is 9.47 Å². The predicted molar refractivity (Wildman–Crippen MR) is 128 cm³/mol. The molecule has 0 saturated heterocycles. The molecule has 0 atom stereocenters. The molecule has 5 heteroatoms. The number of fused-ring (bicyclic) bond motifs is 2. The van der Waals surface area contributed by atoms with E-state index >= 15 is 0 Å². The second-order valence-electron chi connectivity index (χ2n) is 7.93. The summed E-state index contributed by atoms with van der Waals surface area (Å²) in [5, 5.41) is 2.08. The molecule has 0 amide bonds. The van der Waals surface area contributed by atoms with E-state index in [9.17, 15) is 4.79 Å². The Balaban J connectivity index is 0.000000204. The van der Waals surface area contributed by atoms with E-state index in [1.54, 1.807) is 20.5 Å². The average molecular weight is 437 g/mol. The molecule has 0 spiro atoms. The van der Waals surface area contributed by atoms with Gasteiger partial charge in [0, 0.05) is 22.8 Å². The summed E-state index contributed by atoms with van der Waals surface area (Å²) in [5.41, 5.74) is 3.72. The van der Waals surface area contributed by atoms with Crippen molar-refractivity contribution in [3.63, 3.8) is 0 Å². The monoisotopic (exact) mass is 436 g/mol. The van der Waals surface area contributed by atoms with Crippen LogP contribution in [-0.2, 0) is 0 Å². The summed E-state index contributed by atoms with van der Waals surface area (Å²) in [6, 6.07) is 11.4. The minimum absolute atomic E-state index is 0.105. The molecule has 0 saturated carbocycles. The number of furan rings is 2. The van der Waals surface area contributed by atoms with Crippen molar-refractivity contribution in [2.75, 3.05) is 14.2 Å². The van der Waals surface area contributed by atoms with Crippen molar-refractivity contribution in [3.8, 4) is 11.5 Å². The fourth-order valence-electron chi connectivity index (χ4n) is 3.68. The molecular formula is C27H32O5. The van der Waals surface area contributed by atoms with E-state index in [2.05, 4.69) is 6.92 Å². The maximum atomic E-state index is 12.2. The number of Topliss-reactive ketones (excluding diaryl/α,β-unsaturated/α-hetero) is 1. The molecule has 0 aliphatic rings. The van der Waals surface area contributed by atoms with Gasteiger partial charge in [0.2, 0.25) is 0 Å². The number of ketones is 1. The first-order valence-corrected chi connectivity index (χ1v) is 11.1. The predicted octanol–water partition coefficient (Wildman–Crippen LogP) is 7.65. The molecule has 170 valence electrons. The van der Waals surface area contributed by atoms with Crippen LogP contribution in [0.15, 0.2) is 51.5 Å². The van der Waals surface area contributed by atoms with Crippen LogP contribution in [0.25, 0.3) is 21.9 Å². The third-order valence-electron chi connectivity index (χ3n) is 5.63. The van der Waals surface area contributed by atoms with Gasteiger partial charge < -0.3 is 18.3 Å². The lowest BCUT2D eigenvalue weighted by atomic mass is 10.1. The Morgan fingerprint density at radius 3 is 2.19 bits per heavy atom. The summed E-state index contributed by atoms with van der Waals surface area (Å²) in [5.74, 6) is 2.26. The highest BCUT2D eigenvalue weighted by Gasteiger charge is 2.17. The van der Waals surface area contributed by atoms with Gasteiger partial charge in [-0.25, -0.2) is 0 Å². The zero-order valence-electron chi connectivity index (χ0n) is 19.6. The van der Waals surface area contributed by atoms with Crippen LogP contribution in [-0.4, -0.2) is 20.0 Å². The maximum Gasteiger partial charge on any atom is 0.198 e. The lowest BCUT2D eigenvalue weighted by Crippen LogP contribution is -1.99. The normalized spacial score (nSPS) is 10.8. The molecule has 4 rings (SSSR count). The van der Waals surface area contributed by atoms with Gasteiger partial charge in [0.25, 0.3) is 0 Å². The molecular weight excluding hydrogens is 404 g/mol. The van der Waals surface area contributed by atoms with E-state index in [1.807, 2.05) is 50.2 Å². The topological polar surface area (TPSA) is 61.8 Å². The first kappa shape index (κ1) is 23.5. The fraction of sp³-hybridized carbons (Fsp3) is 0.370. The summed E-state index contributed by atoms with van der Waals surface area (Å²) >= 11 is 0. The molecule has 0 radical (unpaired) electrons. The number of ether oxygens (including phenoxy) is 2. The lowest BCUT2D eigenvalue weighted by Gasteiger charge is -1.99. The van der Waals surface area contributed by atoms with Crippen LogP contribution in [0.5, 0.6) is 11.5 Å². The van der Waals surface area contributed by atoms with E-state index in [-0.39, 0.29) is 5.78 Å². The molecule has 5 nitrogen and oxygen atoms in total. The Bertz CT molecular complexity index is 1180. The number of carbonyl (C=O) groups excluding carboxylic acids is 1. The van der Waals surface area contributed by atoms with Gasteiger partial charge in [-0.1, -0.05) is 26.2 Å². The molecule has 32 heavy (non-hydrogen) atoms. The number of methoxy groups -OCH3 is 2. The average Bonchev–Trinajstić information content (AvgIpc) is 3.36. The minimum Gasteiger partial charge on any atom is -0.497 e. The van der Waals surface area contributed by atoms with E-state index in [4.69, 9.17) is 18.3 Å². The van der Waals surface area contributed by atoms with Gasteiger partial charge in [0.05, 0.1) is 20.5 Å². The second-order valence-corrected chi connectivity index (χ2v) is 7.93. The summed E-state index contributed by atoms with van der Waals surface area (Å²) in [6.07, 6.45) is 6.73. The SMILES string of the molecule is CCCCCCC(=O)c1oc2ccc(OC)cc2c1C.COc1ccc2occ(C)c2c1. The highest BCUT2D eigenvalue weighted by atomic mass is 16.5. The molecule has 2 aromatic carbocycles. The van der Waals surface area contributed by atoms with Gasteiger partial charge in [0.15, 0.2) is 11.5 Å². The van der Waals surface area contributed by atoms with Gasteiger partial charge in [-0.3, -0.25) is 4.79 Å². The van der Waals surface area contributed by atoms with Crippen LogP contribution in [0.4, 0.5) is 0 Å². The van der Waals surface area contributed by atoms with Crippen molar-refractivity contribution in [3.05, 3.63) is 59.5 Å². The quantitative estimate of drug-likeness (QED) is 0.210. The zero-order valence-corrected chi connectivity index (χ0v) is 19.6. The van der Waals surface area contributed by atoms with Gasteiger partial charge in [-0.05, 0) is 62.2 Å². The number of rotatable bonds is 8. The highest BCUT2D eigenvalue weighted by molar-refractivity contribution is 6.00. The molecule has 0 aliphatic carbocycles. The van der Waals surface area contributed by atoms with Crippen LogP contribution in [0, 0.1) is 13.8 Å². The van der Waals surface area contributed by atoms with Crippen molar-refractivity contribution in [1.82, 2.24) is 0 Å². The molecule has 2 heterocycles. The van der Waals surface area contributed by atoms with E-state index in [1.165, 1.54) is 12.8 Å². The van der Waals surface area contributed by atoms with E-state index in [0.29, 0.717) is 12.2 Å². The highest BCUT2D eigenvalue weighted by Crippen LogP contribution is 2.30. The Hall–Kier alpha value is -3.21. The van der Waals surface area contributed by atoms with E-state index < -0.39 is 0 Å². The van der Waals surface area contributed by atoms with E-state index in [0.717, 1.165) is 57.4 Å². The van der Waals surface area contributed by atoms with Crippen molar-refractivity contribution >= 4 is 27.7 Å². The Kier molecular flexibility index (Phi) is 7.98. The third-order valence-corrected chi connectivity index (χ3v) is 5.63. The number of aryl methyl sites for hydroxylation is 2. The second kappa shape index (κ2) is 10.9. The molecule has 0 unspecified atom stereocenters. The van der Waals surface area contributed by atoms with Crippen molar-refractivity contribution < 1.29 is 23.1 Å². The molecule has 0 N–H and O–H groups in total. The van der Waals surface area contributed by atoms with Gasteiger partial charge in [-0.2, -0.15) is 0 Å². The Labute approximate surface area is 189 Å². The summed E-state index contributed by atoms with van der Waals surface area (Å²) in [6.45, 7) is 6.12. The van der Waals surface area contributed by atoms with Crippen molar-refractivity contribution in [1.29, 1.82) is 0 Å². The lowest BCUT2D eigenvalue weighted by molar-refractivity contribution is 0.0953. The Morgan fingerprint density at radius 1 is 0.875 bits per heavy atom. The summed E-state index contributed by atoms with van der Waals surface area (Å²) in [4.78, 5) is 12.2. The third kappa shape index (κ3) is 5.34. The van der Waals surface area contributed by atoms with Crippen LogP contribution in [0.1, 0.15) is 60.7 Å². The first-order chi connectivity index (χ1) is 15.5. The Morgan fingerprint density at radius 2 is 1.53 bits per heavy atom. The zero-order chi connectivity index (χ0) is 23.1. The number of carbonyl (C=O) groups is 1. The number of benzene rings is 2. The smallest absolute Gasteiger partial charge is 0.198 e. The molecule has 4 aromatic rings. The van der Waals surface area contributed by atoms with Gasteiger partial charge in [0.1, 0.15) is 22.7 Å². The summed E-state index contributed by atoms with van der Waals surface area (Å²) in [7, 11) is 3.30.